The van der Waals surface area contributed by atoms with Gasteiger partial charge in [0.05, 0.1) is 6.04 Å². The van der Waals surface area contributed by atoms with Crippen LogP contribution in [0.1, 0.15) is 80.4 Å². The van der Waals surface area contributed by atoms with Crippen LogP contribution in [0.25, 0.3) is 10.9 Å². The Kier molecular flexibility index (Phi) is 5.37. The van der Waals surface area contributed by atoms with Gasteiger partial charge in [-0.2, -0.15) is 0 Å². The van der Waals surface area contributed by atoms with Gasteiger partial charge < -0.3 is 4.98 Å². The topological polar surface area (TPSA) is 79.7 Å². The minimum Gasteiger partial charge on any atom is -0.322 e. The standard InChI is InChI=1S/C23H30N6O/c1-16-10-11-20-17(14-16)15-19(23(30)24-20)21(28-12-6-2-3-7-13-28)22-25-26-27-29(22)18-8-4-5-9-18/h10-11,14-15,18,21H,2-9,12-13H2,1H3,(H,24,30)/t21-/m0/s1. The lowest BCUT2D eigenvalue weighted by Crippen LogP contribution is -2.36. The Morgan fingerprint density at radius 2 is 1.80 bits per heavy atom. The molecule has 1 saturated carbocycles. The molecule has 1 saturated heterocycles. The van der Waals surface area contributed by atoms with Gasteiger partial charge in [0.25, 0.3) is 5.56 Å². The number of aromatic nitrogens is 5. The Hall–Kier alpha value is -2.54. The van der Waals surface area contributed by atoms with Gasteiger partial charge in [0.1, 0.15) is 6.04 Å². The highest BCUT2D eigenvalue weighted by atomic mass is 16.1. The molecule has 2 aromatic heterocycles. The van der Waals surface area contributed by atoms with Gasteiger partial charge in [0, 0.05) is 11.1 Å². The van der Waals surface area contributed by atoms with Crippen LogP contribution in [-0.4, -0.2) is 43.2 Å². The number of nitrogens with zero attached hydrogens (tertiary/aromatic N) is 5. The number of benzene rings is 1. The van der Waals surface area contributed by atoms with Crippen molar-refractivity contribution in [2.24, 2.45) is 0 Å². The van der Waals surface area contributed by atoms with Gasteiger partial charge in [-0.25, -0.2) is 4.68 Å². The summed E-state index contributed by atoms with van der Waals surface area (Å²) < 4.78 is 2.02. The Balaban J connectivity index is 1.65. The van der Waals surface area contributed by atoms with Crippen molar-refractivity contribution in [2.45, 2.75) is 70.4 Å². The first-order valence-electron chi connectivity index (χ1n) is 11.4. The quantitative estimate of drug-likeness (QED) is 0.711. The first-order chi connectivity index (χ1) is 14.7. The molecule has 0 amide bonds. The van der Waals surface area contributed by atoms with Crippen molar-refractivity contribution >= 4 is 10.9 Å². The highest BCUT2D eigenvalue weighted by molar-refractivity contribution is 5.79. The molecule has 30 heavy (non-hydrogen) atoms. The lowest BCUT2D eigenvalue weighted by Gasteiger charge is -2.30. The third kappa shape index (κ3) is 3.67. The Bertz CT molecular complexity index is 1070. The SMILES string of the molecule is Cc1ccc2[nH]c(=O)c([C@@H](c3nnnn3C3CCCC3)N3CCCCCC3)cc2c1. The van der Waals surface area contributed by atoms with Gasteiger partial charge in [-0.05, 0) is 79.7 Å². The average Bonchev–Trinajstić information content (AvgIpc) is 3.36. The lowest BCUT2D eigenvalue weighted by atomic mass is 10.0. The molecular weight excluding hydrogens is 376 g/mol. The van der Waals surface area contributed by atoms with E-state index in [1.807, 2.05) is 16.8 Å². The zero-order valence-corrected chi connectivity index (χ0v) is 17.7. The summed E-state index contributed by atoms with van der Waals surface area (Å²) in [5.74, 6) is 0.821. The van der Waals surface area contributed by atoms with Gasteiger partial charge in [0.15, 0.2) is 5.82 Å². The van der Waals surface area contributed by atoms with Crippen LogP contribution in [-0.2, 0) is 0 Å². The molecule has 7 nitrogen and oxygen atoms in total. The van der Waals surface area contributed by atoms with Crippen LogP contribution in [0.5, 0.6) is 0 Å². The second kappa shape index (κ2) is 8.30. The van der Waals surface area contributed by atoms with Gasteiger partial charge in [-0.1, -0.05) is 37.3 Å². The van der Waals surface area contributed by atoms with Gasteiger partial charge in [-0.3, -0.25) is 9.69 Å². The summed E-state index contributed by atoms with van der Waals surface area (Å²) >= 11 is 0. The predicted molar refractivity (Wildman–Crippen MR) is 117 cm³/mol. The molecule has 1 aromatic carbocycles. The molecular formula is C23H30N6O. The fraction of sp³-hybridized carbons (Fsp3) is 0.565. The molecule has 1 aliphatic heterocycles. The van der Waals surface area contributed by atoms with Crippen LogP contribution in [0, 0.1) is 6.92 Å². The summed E-state index contributed by atoms with van der Waals surface area (Å²) in [6.07, 6.45) is 9.42. The van der Waals surface area contributed by atoms with Crippen molar-refractivity contribution < 1.29 is 0 Å². The molecule has 7 heteroatoms. The van der Waals surface area contributed by atoms with Crippen LogP contribution in [0.2, 0.25) is 0 Å². The summed E-state index contributed by atoms with van der Waals surface area (Å²) in [6.45, 7) is 4.01. The normalized spacial score (nSPS) is 19.9. The van der Waals surface area contributed by atoms with E-state index in [1.54, 1.807) is 0 Å². The number of fused-ring (bicyclic) bond motifs is 1. The van der Waals surface area contributed by atoms with E-state index in [0.29, 0.717) is 6.04 Å². The highest BCUT2D eigenvalue weighted by Crippen LogP contribution is 2.34. The fourth-order valence-electron chi connectivity index (χ4n) is 5.19. The fourth-order valence-corrected chi connectivity index (χ4v) is 5.19. The molecule has 5 rings (SSSR count). The minimum absolute atomic E-state index is 0.0402. The van der Waals surface area contributed by atoms with Crippen LogP contribution in [0.15, 0.2) is 29.1 Å². The lowest BCUT2D eigenvalue weighted by molar-refractivity contribution is 0.216. The van der Waals surface area contributed by atoms with E-state index in [4.69, 9.17) is 0 Å². The highest BCUT2D eigenvalue weighted by Gasteiger charge is 2.33. The summed E-state index contributed by atoms with van der Waals surface area (Å²) in [5.41, 5.74) is 2.77. The van der Waals surface area contributed by atoms with Gasteiger partial charge in [-0.15, -0.1) is 5.10 Å². The van der Waals surface area contributed by atoms with Crippen molar-refractivity contribution in [3.63, 3.8) is 0 Å². The van der Waals surface area contributed by atoms with E-state index in [1.165, 1.54) is 31.2 Å². The van der Waals surface area contributed by atoms with Crippen molar-refractivity contribution in [1.29, 1.82) is 0 Å². The second-order valence-corrected chi connectivity index (χ2v) is 8.92. The molecule has 3 heterocycles. The number of aryl methyl sites for hydroxylation is 1. The Labute approximate surface area is 176 Å². The molecule has 0 unspecified atom stereocenters. The van der Waals surface area contributed by atoms with Crippen molar-refractivity contribution in [3.05, 3.63) is 51.6 Å². The summed E-state index contributed by atoms with van der Waals surface area (Å²) in [5, 5.41) is 14.0. The van der Waals surface area contributed by atoms with Gasteiger partial charge >= 0.3 is 0 Å². The molecule has 1 aliphatic carbocycles. The number of pyridine rings is 1. The molecule has 0 bridgehead atoms. The zero-order chi connectivity index (χ0) is 20.5. The van der Waals surface area contributed by atoms with E-state index >= 15 is 0 Å². The largest absolute Gasteiger partial charge is 0.322 e. The molecule has 0 radical (unpaired) electrons. The zero-order valence-electron chi connectivity index (χ0n) is 17.7. The monoisotopic (exact) mass is 406 g/mol. The smallest absolute Gasteiger partial charge is 0.253 e. The van der Waals surface area contributed by atoms with Crippen LogP contribution in [0.4, 0.5) is 0 Å². The molecule has 0 spiro atoms. The molecule has 1 atom stereocenters. The number of aromatic amines is 1. The minimum atomic E-state index is -0.215. The molecule has 2 fully saturated rings. The van der Waals surface area contributed by atoms with E-state index < -0.39 is 0 Å². The van der Waals surface area contributed by atoms with Crippen LogP contribution in [0.3, 0.4) is 0 Å². The third-order valence-electron chi connectivity index (χ3n) is 6.76. The molecule has 1 N–H and O–H groups in total. The summed E-state index contributed by atoms with van der Waals surface area (Å²) in [4.78, 5) is 18.8. The third-order valence-corrected chi connectivity index (χ3v) is 6.76. The number of tetrazole rings is 1. The number of hydrogen-bond donors (Lipinski definition) is 1. The Morgan fingerprint density at radius 1 is 1.03 bits per heavy atom. The number of likely N-dealkylation sites (tertiary alicyclic amines) is 1. The van der Waals surface area contributed by atoms with Crippen molar-refractivity contribution in [3.8, 4) is 0 Å². The van der Waals surface area contributed by atoms with Crippen LogP contribution < -0.4 is 5.56 Å². The maximum atomic E-state index is 13.3. The maximum absolute atomic E-state index is 13.3. The predicted octanol–water partition coefficient (Wildman–Crippen LogP) is 3.90. The number of H-pyrrole nitrogens is 1. The van der Waals surface area contributed by atoms with E-state index in [2.05, 4.69) is 44.5 Å². The average molecular weight is 407 g/mol. The molecule has 3 aromatic rings. The maximum Gasteiger partial charge on any atom is 0.253 e. The number of nitrogens with one attached hydrogen (secondary N) is 1. The van der Waals surface area contributed by atoms with E-state index in [-0.39, 0.29) is 11.6 Å². The number of rotatable bonds is 4. The summed E-state index contributed by atoms with van der Waals surface area (Å²) in [6, 6.07) is 8.33. The molecule has 158 valence electrons. The molecule has 2 aliphatic rings. The number of hydrogen-bond acceptors (Lipinski definition) is 5. The second-order valence-electron chi connectivity index (χ2n) is 8.92. The van der Waals surface area contributed by atoms with E-state index in [9.17, 15) is 4.79 Å². The first-order valence-corrected chi connectivity index (χ1v) is 11.4. The Morgan fingerprint density at radius 3 is 2.57 bits per heavy atom. The van der Waals surface area contributed by atoms with Crippen molar-refractivity contribution in [1.82, 2.24) is 30.1 Å². The van der Waals surface area contributed by atoms with Crippen molar-refractivity contribution in [2.75, 3.05) is 13.1 Å². The summed E-state index contributed by atoms with van der Waals surface area (Å²) in [7, 11) is 0. The van der Waals surface area contributed by atoms with Crippen LogP contribution >= 0.6 is 0 Å². The van der Waals surface area contributed by atoms with E-state index in [0.717, 1.165) is 61.1 Å². The van der Waals surface area contributed by atoms with Gasteiger partial charge in [0.2, 0.25) is 0 Å². The first kappa shape index (κ1) is 19.4.